The van der Waals surface area contributed by atoms with Crippen LogP contribution in [0.5, 0.6) is 0 Å². The van der Waals surface area contributed by atoms with Gasteiger partial charge in [-0.3, -0.25) is 19.5 Å². The summed E-state index contributed by atoms with van der Waals surface area (Å²) >= 11 is 0. The van der Waals surface area contributed by atoms with Gasteiger partial charge >= 0.3 is 12.1 Å². The molecule has 0 radical (unpaired) electrons. The number of likely N-dealkylation sites (N-methyl/N-ethyl adjacent to an activating group) is 2. The summed E-state index contributed by atoms with van der Waals surface area (Å²) in [5.74, 6) is -0.178. The van der Waals surface area contributed by atoms with Crippen LogP contribution in [0.3, 0.4) is 0 Å². The molecule has 0 spiro atoms. The Bertz CT molecular complexity index is 1070. The van der Waals surface area contributed by atoms with Crippen LogP contribution < -0.4 is 5.32 Å². The molecule has 2 aromatic rings. The van der Waals surface area contributed by atoms with Crippen LogP contribution in [0.1, 0.15) is 11.1 Å². The van der Waals surface area contributed by atoms with Crippen LogP contribution >= 0.6 is 0 Å². The highest BCUT2D eigenvalue weighted by Gasteiger charge is 2.75. The Hall–Kier alpha value is -3.59. The molecular weight excluding hydrogens is 422 g/mol. The average Bonchev–Trinajstić information content (AvgIpc) is 3.22. The van der Waals surface area contributed by atoms with E-state index in [2.05, 4.69) is 5.32 Å². The van der Waals surface area contributed by atoms with Gasteiger partial charge in [0.25, 0.3) is 0 Å². The standard InChI is InChI=1S/C24H27N5O4/c1-26-22(32)27(2)24(19-11-7-4-8-12-19)23(26,18-9-5-3-6-10-18)25-21(31)29(24)17-20(30)28-13-15-33-16-14-28/h3-12H,13-17H2,1-2H3,(H,25,31). The number of hydrogen-bond donors (Lipinski definition) is 1. The molecule has 5 amide bonds. The summed E-state index contributed by atoms with van der Waals surface area (Å²) in [6, 6.07) is 18.2. The first-order valence-corrected chi connectivity index (χ1v) is 11.0. The second-order valence-electron chi connectivity index (χ2n) is 8.52. The largest absolute Gasteiger partial charge is 0.378 e. The van der Waals surface area contributed by atoms with Crippen LogP contribution in [0.25, 0.3) is 0 Å². The average molecular weight is 450 g/mol. The van der Waals surface area contributed by atoms with Crippen molar-refractivity contribution in [1.82, 2.24) is 24.9 Å². The molecule has 0 aliphatic carbocycles. The van der Waals surface area contributed by atoms with Crippen LogP contribution in [-0.2, 0) is 20.9 Å². The van der Waals surface area contributed by atoms with Crippen molar-refractivity contribution in [3.8, 4) is 0 Å². The number of fused-ring (bicyclic) bond motifs is 1. The number of rotatable bonds is 4. The maximum atomic E-state index is 13.6. The van der Waals surface area contributed by atoms with Gasteiger partial charge < -0.3 is 15.0 Å². The summed E-state index contributed by atoms with van der Waals surface area (Å²) < 4.78 is 5.37. The smallest absolute Gasteiger partial charge is 0.324 e. The van der Waals surface area contributed by atoms with E-state index < -0.39 is 17.4 Å². The minimum absolute atomic E-state index is 0.166. The summed E-state index contributed by atoms with van der Waals surface area (Å²) in [7, 11) is 3.37. The molecule has 3 heterocycles. The van der Waals surface area contributed by atoms with E-state index in [1.54, 1.807) is 28.8 Å². The van der Waals surface area contributed by atoms with Gasteiger partial charge in [0.15, 0.2) is 11.3 Å². The topological polar surface area (TPSA) is 85.4 Å². The highest BCUT2D eigenvalue weighted by Crippen LogP contribution is 2.56. The van der Waals surface area contributed by atoms with Crippen LogP contribution in [0.15, 0.2) is 60.7 Å². The van der Waals surface area contributed by atoms with E-state index >= 15 is 0 Å². The fourth-order valence-corrected chi connectivity index (χ4v) is 5.51. The normalized spacial score (nSPS) is 27.1. The zero-order valence-electron chi connectivity index (χ0n) is 18.7. The Morgan fingerprint density at radius 2 is 1.48 bits per heavy atom. The molecule has 0 saturated carbocycles. The van der Waals surface area contributed by atoms with Gasteiger partial charge in [-0.05, 0) is 0 Å². The quantitative estimate of drug-likeness (QED) is 0.768. The highest BCUT2D eigenvalue weighted by atomic mass is 16.5. The molecule has 0 aromatic heterocycles. The molecule has 3 aliphatic heterocycles. The van der Waals surface area contributed by atoms with Gasteiger partial charge in [0.2, 0.25) is 5.91 Å². The molecule has 0 bridgehead atoms. The predicted molar refractivity (Wildman–Crippen MR) is 120 cm³/mol. The number of nitrogens with one attached hydrogen (secondary N) is 1. The van der Waals surface area contributed by atoms with Crippen molar-refractivity contribution in [1.29, 1.82) is 0 Å². The van der Waals surface area contributed by atoms with Gasteiger partial charge in [0, 0.05) is 38.3 Å². The Kier molecular flexibility index (Phi) is 5.01. The summed E-state index contributed by atoms with van der Waals surface area (Å²) in [6.07, 6.45) is 0. The first kappa shape index (κ1) is 21.3. The third-order valence-corrected chi connectivity index (χ3v) is 7.02. The van der Waals surface area contributed by atoms with Crippen molar-refractivity contribution in [2.45, 2.75) is 11.3 Å². The fourth-order valence-electron chi connectivity index (χ4n) is 5.51. The number of hydrogen-bond acceptors (Lipinski definition) is 4. The highest BCUT2D eigenvalue weighted by molar-refractivity contribution is 5.92. The molecular formula is C24H27N5O4. The molecule has 9 heteroatoms. The molecule has 172 valence electrons. The van der Waals surface area contributed by atoms with Gasteiger partial charge in [-0.25, -0.2) is 9.59 Å². The molecule has 1 N–H and O–H groups in total. The maximum Gasteiger partial charge on any atom is 0.324 e. The SMILES string of the molecule is CN1C(=O)N(C)C2(c3ccccc3)N(CC(=O)N3CCOCC3)C(=O)NC12c1ccccc1. The van der Waals surface area contributed by atoms with E-state index in [0.717, 1.165) is 11.1 Å². The second-order valence-corrected chi connectivity index (χ2v) is 8.52. The number of urea groups is 2. The summed E-state index contributed by atoms with van der Waals surface area (Å²) in [6.45, 7) is 1.73. The zero-order valence-corrected chi connectivity index (χ0v) is 18.7. The van der Waals surface area contributed by atoms with E-state index in [4.69, 9.17) is 4.74 Å². The lowest BCUT2D eigenvalue weighted by Gasteiger charge is -2.47. The van der Waals surface area contributed by atoms with Crippen molar-refractivity contribution in [3.63, 3.8) is 0 Å². The van der Waals surface area contributed by atoms with Crippen molar-refractivity contribution >= 4 is 18.0 Å². The monoisotopic (exact) mass is 449 g/mol. The van der Waals surface area contributed by atoms with Gasteiger partial charge in [-0.1, -0.05) is 60.7 Å². The van der Waals surface area contributed by atoms with Crippen molar-refractivity contribution < 1.29 is 19.1 Å². The molecule has 3 saturated heterocycles. The van der Waals surface area contributed by atoms with Gasteiger partial charge in [0.1, 0.15) is 6.54 Å². The lowest BCUT2D eigenvalue weighted by Crippen LogP contribution is -2.63. The number of morpholine rings is 1. The number of nitrogens with zero attached hydrogens (tertiary/aromatic N) is 4. The second kappa shape index (κ2) is 7.77. The van der Waals surface area contributed by atoms with Crippen molar-refractivity contribution in [2.24, 2.45) is 0 Å². The Morgan fingerprint density at radius 1 is 0.909 bits per heavy atom. The van der Waals surface area contributed by atoms with E-state index in [-0.39, 0.29) is 18.5 Å². The van der Waals surface area contributed by atoms with Gasteiger partial charge in [-0.2, -0.15) is 0 Å². The van der Waals surface area contributed by atoms with Crippen molar-refractivity contribution in [2.75, 3.05) is 46.9 Å². The minimum Gasteiger partial charge on any atom is -0.378 e. The van der Waals surface area contributed by atoms with Crippen LogP contribution in [0, 0.1) is 0 Å². The zero-order chi connectivity index (χ0) is 23.2. The van der Waals surface area contributed by atoms with Crippen molar-refractivity contribution in [3.05, 3.63) is 71.8 Å². The first-order valence-electron chi connectivity index (χ1n) is 11.0. The predicted octanol–water partition coefficient (Wildman–Crippen LogP) is 1.57. The molecule has 3 aliphatic rings. The Balaban J connectivity index is 1.71. The molecule has 9 nitrogen and oxygen atoms in total. The number of amides is 5. The maximum absolute atomic E-state index is 13.6. The Labute approximate surface area is 192 Å². The summed E-state index contributed by atoms with van der Waals surface area (Å²) in [4.78, 5) is 46.7. The number of carbonyl (C=O) groups excluding carboxylic acids is 3. The summed E-state index contributed by atoms with van der Waals surface area (Å²) in [5.41, 5.74) is -1.02. The third-order valence-electron chi connectivity index (χ3n) is 7.02. The van der Waals surface area contributed by atoms with Crippen LogP contribution in [0.4, 0.5) is 9.59 Å². The molecule has 2 aromatic carbocycles. The summed E-state index contributed by atoms with van der Waals surface area (Å²) in [5, 5.41) is 3.11. The first-order chi connectivity index (χ1) is 15.9. The van der Waals surface area contributed by atoms with Gasteiger partial charge in [0.05, 0.1) is 13.2 Å². The van der Waals surface area contributed by atoms with Crippen LogP contribution in [-0.4, -0.2) is 84.5 Å². The number of carbonyl (C=O) groups is 3. The molecule has 3 fully saturated rings. The molecule has 33 heavy (non-hydrogen) atoms. The fraction of sp³-hybridized carbons (Fsp3) is 0.375. The van der Waals surface area contributed by atoms with Gasteiger partial charge in [-0.15, -0.1) is 0 Å². The van der Waals surface area contributed by atoms with Crippen LogP contribution in [0.2, 0.25) is 0 Å². The van der Waals surface area contributed by atoms with E-state index in [9.17, 15) is 14.4 Å². The minimum atomic E-state index is -1.28. The lowest BCUT2D eigenvalue weighted by molar-refractivity contribution is -0.139. The van der Waals surface area contributed by atoms with E-state index in [1.807, 2.05) is 60.7 Å². The number of ether oxygens (including phenoxy) is 1. The molecule has 2 unspecified atom stereocenters. The van der Waals surface area contributed by atoms with E-state index in [0.29, 0.717) is 26.3 Å². The van der Waals surface area contributed by atoms with E-state index in [1.165, 1.54) is 4.90 Å². The molecule has 5 rings (SSSR count). The number of benzene rings is 2. The Morgan fingerprint density at radius 3 is 2.09 bits per heavy atom. The molecule has 2 atom stereocenters. The third kappa shape index (κ3) is 2.78. The lowest BCUT2D eigenvalue weighted by atomic mass is 9.80.